The molecule has 0 unspecified atom stereocenters. The fourth-order valence-corrected chi connectivity index (χ4v) is 3.35. The molecule has 6 nitrogen and oxygen atoms in total. The van der Waals surface area contributed by atoms with Gasteiger partial charge in [-0.3, -0.25) is 14.6 Å². The van der Waals surface area contributed by atoms with Crippen LogP contribution < -0.4 is 10.1 Å². The molecule has 0 bridgehead atoms. The third-order valence-electron chi connectivity index (χ3n) is 4.76. The van der Waals surface area contributed by atoms with Crippen molar-refractivity contribution >= 4 is 23.4 Å². The maximum Gasteiger partial charge on any atom is 0.266 e. The molecule has 1 N–H and O–H groups in total. The van der Waals surface area contributed by atoms with Crippen LogP contribution in [0.15, 0.2) is 48.8 Å². The van der Waals surface area contributed by atoms with Crippen molar-refractivity contribution in [2.75, 3.05) is 13.1 Å². The first kappa shape index (κ1) is 20.1. The molecule has 2 heterocycles. The van der Waals surface area contributed by atoms with Crippen LogP contribution in [0.3, 0.4) is 0 Å². The number of halogens is 1. The van der Waals surface area contributed by atoms with Crippen LogP contribution in [0.2, 0.25) is 5.02 Å². The Kier molecular flexibility index (Phi) is 6.19. The number of amides is 2. The van der Waals surface area contributed by atoms with Gasteiger partial charge in [0.15, 0.2) is 5.60 Å². The number of carbonyl (C=O) groups is 2. The molecule has 1 aromatic heterocycles. The van der Waals surface area contributed by atoms with Crippen molar-refractivity contribution in [3.05, 3.63) is 59.4 Å². The summed E-state index contributed by atoms with van der Waals surface area (Å²) in [5.41, 5.74) is -0.396. The van der Waals surface area contributed by atoms with Crippen LogP contribution in [-0.4, -0.2) is 46.4 Å². The quantitative estimate of drug-likeness (QED) is 0.834. The van der Waals surface area contributed by atoms with E-state index in [0.29, 0.717) is 42.3 Å². The van der Waals surface area contributed by atoms with Crippen molar-refractivity contribution in [2.24, 2.45) is 0 Å². The number of nitrogens with one attached hydrogen (secondary N) is 1. The van der Waals surface area contributed by atoms with E-state index in [1.165, 1.54) is 0 Å². The summed E-state index contributed by atoms with van der Waals surface area (Å²) in [6, 6.07) is 10.4. The van der Waals surface area contributed by atoms with Gasteiger partial charge in [-0.25, -0.2) is 0 Å². The van der Waals surface area contributed by atoms with Crippen LogP contribution in [0.4, 0.5) is 0 Å². The maximum atomic E-state index is 12.9. The lowest BCUT2D eigenvalue weighted by Crippen LogP contribution is -2.53. The van der Waals surface area contributed by atoms with Crippen LogP contribution in [0, 0.1) is 0 Å². The molecule has 1 aliphatic rings. The minimum absolute atomic E-state index is 0.0463. The Labute approximate surface area is 169 Å². The molecular formula is C21H24ClN3O3. The average Bonchev–Trinajstić information content (AvgIpc) is 2.70. The van der Waals surface area contributed by atoms with Gasteiger partial charge in [0.1, 0.15) is 5.75 Å². The van der Waals surface area contributed by atoms with Gasteiger partial charge >= 0.3 is 0 Å². The summed E-state index contributed by atoms with van der Waals surface area (Å²) in [6.07, 6.45) is 4.61. The number of pyridine rings is 1. The average molecular weight is 402 g/mol. The summed E-state index contributed by atoms with van der Waals surface area (Å²) in [4.78, 5) is 30.9. The van der Waals surface area contributed by atoms with Gasteiger partial charge in [-0.2, -0.15) is 0 Å². The summed E-state index contributed by atoms with van der Waals surface area (Å²) in [5, 5.41) is 3.65. The molecule has 1 aromatic carbocycles. The lowest BCUT2D eigenvalue weighted by Gasteiger charge is -2.37. The van der Waals surface area contributed by atoms with E-state index >= 15 is 0 Å². The SMILES string of the molecule is CC(C)(Oc1ccc(Cl)cc1)C(=O)N1CCC(NC(=O)c2ccncc2)CC1. The topological polar surface area (TPSA) is 71.5 Å². The summed E-state index contributed by atoms with van der Waals surface area (Å²) in [5.74, 6) is 0.419. The number of benzene rings is 1. The van der Waals surface area contributed by atoms with Gasteiger partial charge in [0.25, 0.3) is 11.8 Å². The van der Waals surface area contributed by atoms with Crippen molar-refractivity contribution in [3.8, 4) is 5.75 Å². The lowest BCUT2D eigenvalue weighted by atomic mass is 10.0. The molecule has 0 spiro atoms. The smallest absolute Gasteiger partial charge is 0.266 e. The summed E-state index contributed by atoms with van der Waals surface area (Å²) < 4.78 is 5.90. The fourth-order valence-electron chi connectivity index (χ4n) is 3.22. The van der Waals surface area contributed by atoms with Crippen molar-refractivity contribution < 1.29 is 14.3 Å². The highest BCUT2D eigenvalue weighted by atomic mass is 35.5. The standard InChI is InChI=1S/C21H24ClN3O3/c1-21(2,28-18-5-3-16(22)4-6-18)20(27)25-13-9-17(10-14-25)24-19(26)15-7-11-23-12-8-15/h3-8,11-12,17H,9-10,13-14H2,1-2H3,(H,24,26). The first-order chi connectivity index (χ1) is 13.3. The highest BCUT2D eigenvalue weighted by molar-refractivity contribution is 6.30. The predicted molar refractivity (Wildman–Crippen MR) is 107 cm³/mol. The molecule has 2 aromatic rings. The van der Waals surface area contributed by atoms with Gasteiger partial charge in [-0.1, -0.05) is 11.6 Å². The zero-order valence-electron chi connectivity index (χ0n) is 16.0. The molecule has 0 atom stereocenters. The number of ether oxygens (including phenoxy) is 1. The monoisotopic (exact) mass is 401 g/mol. The van der Waals surface area contributed by atoms with E-state index in [1.807, 2.05) is 0 Å². The number of carbonyl (C=O) groups excluding carboxylic acids is 2. The molecule has 1 saturated heterocycles. The predicted octanol–water partition coefficient (Wildman–Crippen LogP) is 3.31. The molecule has 7 heteroatoms. The van der Waals surface area contributed by atoms with Crippen LogP contribution in [0.1, 0.15) is 37.0 Å². The van der Waals surface area contributed by atoms with Crippen LogP contribution in [0.5, 0.6) is 5.75 Å². The number of aromatic nitrogens is 1. The minimum atomic E-state index is -0.985. The van der Waals surface area contributed by atoms with Crippen LogP contribution in [-0.2, 0) is 4.79 Å². The van der Waals surface area contributed by atoms with Crippen molar-refractivity contribution in [3.63, 3.8) is 0 Å². The Hall–Kier alpha value is -2.60. The number of hydrogen-bond acceptors (Lipinski definition) is 4. The Morgan fingerprint density at radius 3 is 2.32 bits per heavy atom. The van der Waals surface area contributed by atoms with Gasteiger partial charge in [-0.05, 0) is 63.1 Å². The second kappa shape index (κ2) is 8.61. The number of likely N-dealkylation sites (tertiary alicyclic amines) is 1. The Bertz CT molecular complexity index is 817. The largest absolute Gasteiger partial charge is 0.478 e. The maximum absolute atomic E-state index is 12.9. The zero-order valence-corrected chi connectivity index (χ0v) is 16.8. The van der Waals surface area contributed by atoms with E-state index < -0.39 is 5.60 Å². The van der Waals surface area contributed by atoms with Crippen LogP contribution >= 0.6 is 11.6 Å². The lowest BCUT2D eigenvalue weighted by molar-refractivity contribution is -0.146. The third kappa shape index (κ3) is 5.01. The van der Waals surface area contributed by atoms with E-state index in [4.69, 9.17) is 16.3 Å². The first-order valence-corrected chi connectivity index (χ1v) is 9.68. The molecule has 2 amide bonds. The van der Waals surface area contributed by atoms with Gasteiger partial charge in [0.05, 0.1) is 0 Å². The number of rotatable bonds is 5. The van der Waals surface area contributed by atoms with Gasteiger partial charge in [0, 0.05) is 42.1 Å². The van der Waals surface area contributed by atoms with E-state index in [1.54, 1.807) is 67.5 Å². The van der Waals surface area contributed by atoms with Gasteiger partial charge in [-0.15, -0.1) is 0 Å². The second-order valence-corrected chi connectivity index (χ2v) is 7.78. The summed E-state index contributed by atoms with van der Waals surface area (Å²) >= 11 is 5.89. The van der Waals surface area contributed by atoms with Crippen molar-refractivity contribution in [1.29, 1.82) is 0 Å². The highest BCUT2D eigenvalue weighted by Crippen LogP contribution is 2.24. The molecule has 148 valence electrons. The molecule has 1 fully saturated rings. The molecule has 0 aliphatic carbocycles. The van der Waals surface area contributed by atoms with E-state index in [0.717, 1.165) is 0 Å². The molecule has 3 rings (SSSR count). The zero-order chi connectivity index (χ0) is 20.1. The fraction of sp³-hybridized carbons (Fsp3) is 0.381. The van der Waals surface area contributed by atoms with E-state index in [9.17, 15) is 9.59 Å². The summed E-state index contributed by atoms with van der Waals surface area (Å²) in [7, 11) is 0. The minimum Gasteiger partial charge on any atom is -0.478 e. The number of nitrogens with zero attached hydrogens (tertiary/aromatic N) is 2. The van der Waals surface area contributed by atoms with E-state index in [-0.39, 0.29) is 17.9 Å². The van der Waals surface area contributed by atoms with Crippen molar-refractivity contribution in [1.82, 2.24) is 15.2 Å². The molecule has 28 heavy (non-hydrogen) atoms. The van der Waals surface area contributed by atoms with Crippen LogP contribution in [0.25, 0.3) is 0 Å². The first-order valence-electron chi connectivity index (χ1n) is 9.30. The van der Waals surface area contributed by atoms with E-state index in [2.05, 4.69) is 10.3 Å². The normalized spacial score (nSPS) is 15.2. The Morgan fingerprint density at radius 1 is 1.11 bits per heavy atom. The Balaban J connectivity index is 1.52. The molecule has 0 radical (unpaired) electrons. The Morgan fingerprint density at radius 2 is 1.71 bits per heavy atom. The molecule has 0 saturated carbocycles. The third-order valence-corrected chi connectivity index (χ3v) is 5.01. The number of piperidine rings is 1. The molecular weight excluding hydrogens is 378 g/mol. The van der Waals surface area contributed by atoms with Crippen molar-refractivity contribution in [2.45, 2.75) is 38.3 Å². The second-order valence-electron chi connectivity index (χ2n) is 7.34. The summed E-state index contributed by atoms with van der Waals surface area (Å²) in [6.45, 7) is 4.68. The van der Waals surface area contributed by atoms with Gasteiger partial charge in [0.2, 0.25) is 0 Å². The molecule has 1 aliphatic heterocycles. The van der Waals surface area contributed by atoms with Gasteiger partial charge < -0.3 is 15.0 Å². The highest BCUT2D eigenvalue weighted by Gasteiger charge is 2.36. The number of hydrogen-bond donors (Lipinski definition) is 1.